The molecule has 63 heavy (non-hydrogen) atoms. The number of nitrogens with one attached hydrogen (secondary N) is 1. The molecular formula is C57H105NO5. The van der Waals surface area contributed by atoms with Gasteiger partial charge in [-0.05, 0) is 77.0 Å². The maximum absolute atomic E-state index is 13.2. The second kappa shape index (κ2) is 50.8. The van der Waals surface area contributed by atoms with Crippen LogP contribution in [0.2, 0.25) is 0 Å². The van der Waals surface area contributed by atoms with Crippen molar-refractivity contribution in [3.05, 3.63) is 48.6 Å². The molecule has 1 amide bonds. The minimum atomic E-state index is -0.796. The molecule has 0 saturated heterocycles. The van der Waals surface area contributed by atoms with Crippen LogP contribution in [0.25, 0.3) is 0 Å². The molecule has 3 N–H and O–H groups in total. The molecule has 0 radical (unpaired) electrons. The average Bonchev–Trinajstić information content (AvgIpc) is 3.28. The Hall–Kier alpha value is -2.18. The van der Waals surface area contributed by atoms with Crippen LogP contribution in [0.3, 0.4) is 0 Å². The van der Waals surface area contributed by atoms with Crippen LogP contribution in [0.4, 0.5) is 0 Å². The van der Waals surface area contributed by atoms with E-state index in [1.54, 1.807) is 0 Å². The largest absolute Gasteiger partial charge is 0.462 e. The zero-order valence-corrected chi connectivity index (χ0v) is 42.0. The van der Waals surface area contributed by atoms with Gasteiger partial charge in [0, 0.05) is 6.42 Å². The molecule has 0 fully saturated rings. The summed E-state index contributed by atoms with van der Waals surface area (Å²) in [6.07, 6.45) is 61.7. The van der Waals surface area contributed by atoms with Crippen LogP contribution in [0.1, 0.15) is 278 Å². The van der Waals surface area contributed by atoms with Gasteiger partial charge in [0.2, 0.25) is 5.91 Å². The highest BCUT2D eigenvalue weighted by atomic mass is 16.5. The van der Waals surface area contributed by atoms with Gasteiger partial charge < -0.3 is 20.3 Å². The van der Waals surface area contributed by atoms with E-state index >= 15 is 0 Å². The highest BCUT2D eigenvalue weighted by Gasteiger charge is 2.24. The lowest BCUT2D eigenvalue weighted by Crippen LogP contribution is -2.46. The predicted molar refractivity (Wildman–Crippen MR) is 273 cm³/mol. The molecule has 3 unspecified atom stereocenters. The smallest absolute Gasteiger partial charge is 0.306 e. The number of allylic oxidation sites excluding steroid dienone is 8. The van der Waals surface area contributed by atoms with Gasteiger partial charge in [0.1, 0.15) is 6.10 Å². The topological polar surface area (TPSA) is 95.9 Å². The lowest BCUT2D eigenvalue weighted by Gasteiger charge is -2.24. The summed E-state index contributed by atoms with van der Waals surface area (Å²) in [5.41, 5.74) is 0. The first-order valence-electron chi connectivity index (χ1n) is 27.4. The van der Waals surface area contributed by atoms with E-state index in [0.29, 0.717) is 19.3 Å². The predicted octanol–water partition coefficient (Wildman–Crippen LogP) is 16.6. The van der Waals surface area contributed by atoms with E-state index in [2.05, 4.69) is 74.7 Å². The molecule has 0 aliphatic rings. The van der Waals surface area contributed by atoms with Gasteiger partial charge in [-0.1, -0.05) is 236 Å². The first kappa shape index (κ1) is 60.8. The Morgan fingerprint density at radius 3 is 1.21 bits per heavy atom. The van der Waals surface area contributed by atoms with Gasteiger partial charge in [-0.2, -0.15) is 0 Å². The first-order valence-corrected chi connectivity index (χ1v) is 27.4. The van der Waals surface area contributed by atoms with Crippen LogP contribution in [0, 0.1) is 0 Å². The van der Waals surface area contributed by atoms with Gasteiger partial charge in [0.15, 0.2) is 0 Å². The molecule has 0 bridgehead atoms. The Kier molecular flexibility index (Phi) is 49.1. The molecule has 0 saturated carbocycles. The van der Waals surface area contributed by atoms with E-state index in [-0.39, 0.29) is 24.9 Å². The fourth-order valence-corrected chi connectivity index (χ4v) is 8.24. The first-order chi connectivity index (χ1) is 31.0. The summed E-state index contributed by atoms with van der Waals surface area (Å²) in [4.78, 5) is 26.2. The van der Waals surface area contributed by atoms with Crippen molar-refractivity contribution < 1.29 is 24.5 Å². The molecule has 0 rings (SSSR count). The number of carbonyl (C=O) groups excluding carboxylic acids is 2. The summed E-state index contributed by atoms with van der Waals surface area (Å²) >= 11 is 0. The monoisotopic (exact) mass is 884 g/mol. The van der Waals surface area contributed by atoms with Gasteiger partial charge in [-0.15, -0.1) is 0 Å². The van der Waals surface area contributed by atoms with E-state index < -0.39 is 18.2 Å². The van der Waals surface area contributed by atoms with Crippen LogP contribution in [-0.4, -0.2) is 46.9 Å². The molecule has 6 nitrogen and oxygen atoms in total. The number of aliphatic hydroxyl groups is 2. The molecule has 0 spiro atoms. The molecule has 0 aromatic rings. The van der Waals surface area contributed by atoms with E-state index in [4.69, 9.17) is 4.74 Å². The third-order valence-electron chi connectivity index (χ3n) is 12.4. The number of carbonyl (C=O) groups is 2. The minimum Gasteiger partial charge on any atom is -0.462 e. The third kappa shape index (κ3) is 46.2. The molecular weight excluding hydrogens is 779 g/mol. The Labute approximate surface area is 391 Å². The molecule has 0 aromatic carbocycles. The van der Waals surface area contributed by atoms with Crippen molar-refractivity contribution in [2.45, 2.75) is 296 Å². The zero-order chi connectivity index (χ0) is 45.9. The highest BCUT2D eigenvalue weighted by molar-refractivity contribution is 5.77. The van der Waals surface area contributed by atoms with Crippen LogP contribution in [0.15, 0.2) is 48.6 Å². The van der Waals surface area contributed by atoms with Crippen LogP contribution in [0.5, 0.6) is 0 Å². The summed E-state index contributed by atoms with van der Waals surface area (Å²) in [6, 6.07) is -0.711. The Balaban J connectivity index is 4.59. The summed E-state index contributed by atoms with van der Waals surface area (Å²) in [5.74, 6) is -0.505. The van der Waals surface area contributed by atoms with Crippen molar-refractivity contribution in [1.82, 2.24) is 5.32 Å². The second-order valence-electron chi connectivity index (χ2n) is 18.7. The Bertz CT molecular complexity index is 1080. The molecule has 0 aliphatic carbocycles. The van der Waals surface area contributed by atoms with Crippen LogP contribution < -0.4 is 5.32 Å². The standard InChI is InChI=1S/C57H105NO5/c1-4-7-10-13-16-19-22-25-26-27-28-29-32-35-38-41-44-47-50-57(62)63-53(48-45-42-39-36-33-30-23-20-17-14-11-8-5-2)51-56(61)58-54(52-59)55(60)49-46-43-40-37-34-31-24-21-18-15-12-9-6-3/h17,20,23,26-30,53-55,59-60H,4-16,18-19,21-22,24-25,31-52H2,1-3H3,(H,58,61)/b20-17+,27-26+,29-28+,30-23+. The number of hydrogen-bond donors (Lipinski definition) is 3. The zero-order valence-electron chi connectivity index (χ0n) is 42.0. The molecule has 0 heterocycles. The van der Waals surface area contributed by atoms with E-state index in [1.165, 1.54) is 141 Å². The van der Waals surface area contributed by atoms with Gasteiger partial charge in [-0.25, -0.2) is 0 Å². The van der Waals surface area contributed by atoms with Gasteiger partial charge >= 0.3 is 5.97 Å². The third-order valence-corrected chi connectivity index (χ3v) is 12.4. The lowest BCUT2D eigenvalue weighted by atomic mass is 10.0. The molecule has 6 heteroatoms. The van der Waals surface area contributed by atoms with Crippen molar-refractivity contribution in [2.75, 3.05) is 6.61 Å². The molecule has 3 atom stereocenters. The normalized spacial score (nSPS) is 13.5. The van der Waals surface area contributed by atoms with Crippen molar-refractivity contribution in [1.29, 1.82) is 0 Å². The van der Waals surface area contributed by atoms with Crippen molar-refractivity contribution >= 4 is 11.9 Å². The molecule has 0 aromatic heterocycles. The number of esters is 1. The number of aliphatic hydroxyl groups excluding tert-OH is 2. The number of hydrogen-bond acceptors (Lipinski definition) is 5. The second-order valence-corrected chi connectivity index (χ2v) is 18.7. The Morgan fingerprint density at radius 1 is 0.460 bits per heavy atom. The summed E-state index contributed by atoms with van der Waals surface area (Å²) in [7, 11) is 0. The number of amides is 1. The summed E-state index contributed by atoms with van der Waals surface area (Å²) in [6.45, 7) is 6.45. The number of unbranched alkanes of at least 4 members (excludes halogenated alkanes) is 31. The number of ether oxygens (including phenoxy) is 1. The highest BCUT2D eigenvalue weighted by Crippen LogP contribution is 2.18. The van der Waals surface area contributed by atoms with E-state index in [9.17, 15) is 19.8 Å². The maximum Gasteiger partial charge on any atom is 0.306 e. The van der Waals surface area contributed by atoms with Crippen molar-refractivity contribution in [3.63, 3.8) is 0 Å². The van der Waals surface area contributed by atoms with Gasteiger partial charge in [-0.3, -0.25) is 9.59 Å². The fourth-order valence-electron chi connectivity index (χ4n) is 8.24. The summed E-state index contributed by atoms with van der Waals surface area (Å²) in [5, 5.41) is 23.8. The molecule has 368 valence electrons. The lowest BCUT2D eigenvalue weighted by molar-refractivity contribution is -0.151. The SMILES string of the molecule is CCCCC/C=C/C=C/CCCCCCC(CC(=O)NC(CO)C(O)CCCCCCCCCCCCCCC)OC(=O)CCCCCCC/C=C/C=C/CCCCCCCCC. The van der Waals surface area contributed by atoms with Crippen molar-refractivity contribution in [2.24, 2.45) is 0 Å². The Morgan fingerprint density at radius 2 is 0.794 bits per heavy atom. The van der Waals surface area contributed by atoms with Crippen LogP contribution >= 0.6 is 0 Å². The van der Waals surface area contributed by atoms with Gasteiger partial charge in [0.25, 0.3) is 0 Å². The summed E-state index contributed by atoms with van der Waals surface area (Å²) < 4.78 is 5.93. The van der Waals surface area contributed by atoms with Crippen LogP contribution in [-0.2, 0) is 14.3 Å². The maximum atomic E-state index is 13.2. The minimum absolute atomic E-state index is 0.0584. The van der Waals surface area contributed by atoms with E-state index in [0.717, 1.165) is 89.9 Å². The number of rotatable bonds is 49. The van der Waals surface area contributed by atoms with Crippen molar-refractivity contribution in [3.8, 4) is 0 Å². The quantitative estimate of drug-likeness (QED) is 0.0321. The molecule has 0 aliphatic heterocycles. The van der Waals surface area contributed by atoms with Gasteiger partial charge in [0.05, 0.1) is 25.2 Å². The van der Waals surface area contributed by atoms with E-state index in [1.807, 2.05) is 0 Å². The average molecular weight is 884 g/mol. The fraction of sp³-hybridized carbons (Fsp3) is 0.825.